The van der Waals surface area contributed by atoms with Gasteiger partial charge in [-0.25, -0.2) is 0 Å². The van der Waals surface area contributed by atoms with Crippen molar-refractivity contribution in [3.63, 3.8) is 0 Å². The average Bonchev–Trinajstić information content (AvgIpc) is 2.68. The highest BCUT2D eigenvalue weighted by atomic mass is 16.6. The molecule has 0 aromatic heterocycles. The van der Waals surface area contributed by atoms with Crippen molar-refractivity contribution in [1.29, 1.82) is 0 Å². The molecule has 6 heteroatoms. The van der Waals surface area contributed by atoms with E-state index in [4.69, 9.17) is 0 Å². The molecule has 0 radical (unpaired) electrons. The Morgan fingerprint density at radius 2 is 1.82 bits per heavy atom. The van der Waals surface area contributed by atoms with Crippen molar-refractivity contribution in [2.24, 2.45) is 5.92 Å². The fourth-order valence-electron chi connectivity index (χ4n) is 3.88. The van der Waals surface area contributed by atoms with Crippen molar-refractivity contribution >= 4 is 11.6 Å². The summed E-state index contributed by atoms with van der Waals surface area (Å²) < 4.78 is 0. The Balaban J connectivity index is 1.61. The van der Waals surface area contributed by atoms with Crippen LogP contribution in [0.5, 0.6) is 0 Å². The first-order valence-corrected chi connectivity index (χ1v) is 9.75. The summed E-state index contributed by atoms with van der Waals surface area (Å²) >= 11 is 0. The average molecular weight is 381 g/mol. The minimum absolute atomic E-state index is 0.00861. The standard InChI is InChI=1S/C22H27N3O3/c1-16(2)21(24-12-11-17-7-3-4-9-19(17)15-24)14-23-22(26)13-18-8-5-6-10-20(18)25(27)28/h3-10,16,21H,11-15H2,1-2H3,(H,23,26)/t21-/m0/s1. The van der Waals surface area contributed by atoms with Crippen LogP contribution in [0.25, 0.3) is 0 Å². The molecule has 0 saturated carbocycles. The third-order valence-electron chi connectivity index (χ3n) is 5.45. The van der Waals surface area contributed by atoms with Crippen LogP contribution < -0.4 is 5.32 Å². The monoisotopic (exact) mass is 381 g/mol. The van der Waals surface area contributed by atoms with E-state index < -0.39 is 4.92 Å². The fraction of sp³-hybridized carbons (Fsp3) is 0.409. The van der Waals surface area contributed by atoms with Crippen molar-refractivity contribution in [3.8, 4) is 0 Å². The van der Waals surface area contributed by atoms with E-state index in [2.05, 4.69) is 48.3 Å². The molecular weight excluding hydrogens is 354 g/mol. The number of nitrogens with one attached hydrogen (secondary N) is 1. The maximum Gasteiger partial charge on any atom is 0.273 e. The second kappa shape index (κ2) is 8.97. The van der Waals surface area contributed by atoms with Gasteiger partial charge in [0.1, 0.15) is 0 Å². The Bertz CT molecular complexity index is 850. The molecule has 1 N–H and O–H groups in total. The van der Waals surface area contributed by atoms with Gasteiger partial charge in [0.25, 0.3) is 5.69 Å². The predicted octanol–water partition coefficient (Wildman–Crippen LogP) is 3.34. The smallest absolute Gasteiger partial charge is 0.273 e. The molecule has 1 aliphatic heterocycles. The molecule has 1 atom stereocenters. The zero-order valence-electron chi connectivity index (χ0n) is 16.4. The van der Waals surface area contributed by atoms with Crippen LogP contribution in [0.15, 0.2) is 48.5 Å². The Morgan fingerprint density at radius 3 is 2.54 bits per heavy atom. The van der Waals surface area contributed by atoms with Gasteiger partial charge in [-0.05, 0) is 23.5 Å². The number of amides is 1. The number of para-hydroxylation sites is 1. The van der Waals surface area contributed by atoms with Crippen molar-refractivity contribution in [3.05, 3.63) is 75.3 Å². The number of carbonyl (C=O) groups excluding carboxylic acids is 1. The van der Waals surface area contributed by atoms with Gasteiger partial charge in [0.2, 0.25) is 5.91 Å². The molecule has 148 valence electrons. The van der Waals surface area contributed by atoms with Crippen molar-refractivity contribution in [1.82, 2.24) is 10.2 Å². The lowest BCUT2D eigenvalue weighted by atomic mass is 9.95. The summed E-state index contributed by atoms with van der Waals surface area (Å²) in [6.07, 6.45) is 1.04. The first kappa shape index (κ1) is 20.0. The highest BCUT2D eigenvalue weighted by molar-refractivity contribution is 5.79. The number of hydrogen-bond acceptors (Lipinski definition) is 4. The quantitative estimate of drug-likeness (QED) is 0.590. The maximum absolute atomic E-state index is 12.4. The number of benzene rings is 2. The summed E-state index contributed by atoms with van der Waals surface area (Å²) in [4.78, 5) is 25.6. The van der Waals surface area contributed by atoms with E-state index in [1.54, 1.807) is 18.2 Å². The molecule has 1 aliphatic rings. The van der Waals surface area contributed by atoms with Crippen LogP contribution in [0.1, 0.15) is 30.5 Å². The van der Waals surface area contributed by atoms with Gasteiger partial charge in [-0.3, -0.25) is 19.8 Å². The largest absolute Gasteiger partial charge is 0.354 e. The van der Waals surface area contributed by atoms with Crippen LogP contribution in [0.4, 0.5) is 5.69 Å². The van der Waals surface area contributed by atoms with E-state index in [1.165, 1.54) is 17.2 Å². The molecule has 0 fully saturated rings. The molecule has 0 unspecified atom stereocenters. The van der Waals surface area contributed by atoms with Gasteiger partial charge in [0.05, 0.1) is 11.3 Å². The number of nitrogens with zero attached hydrogens (tertiary/aromatic N) is 2. The van der Waals surface area contributed by atoms with Crippen LogP contribution in [0.2, 0.25) is 0 Å². The number of fused-ring (bicyclic) bond motifs is 1. The van der Waals surface area contributed by atoms with Gasteiger partial charge in [0.15, 0.2) is 0 Å². The van der Waals surface area contributed by atoms with Crippen molar-refractivity contribution in [2.75, 3.05) is 13.1 Å². The summed E-state index contributed by atoms with van der Waals surface area (Å²) in [7, 11) is 0. The lowest BCUT2D eigenvalue weighted by Crippen LogP contribution is -2.48. The lowest BCUT2D eigenvalue weighted by molar-refractivity contribution is -0.385. The molecule has 0 bridgehead atoms. The van der Waals surface area contributed by atoms with E-state index >= 15 is 0 Å². The Kier molecular flexibility index (Phi) is 6.41. The molecule has 2 aromatic carbocycles. The van der Waals surface area contributed by atoms with E-state index in [0.717, 1.165) is 19.5 Å². The number of hydrogen-bond donors (Lipinski definition) is 1. The molecule has 0 spiro atoms. The second-order valence-corrected chi connectivity index (χ2v) is 7.67. The Hall–Kier alpha value is -2.73. The van der Waals surface area contributed by atoms with Gasteiger partial charge < -0.3 is 5.32 Å². The van der Waals surface area contributed by atoms with Crippen LogP contribution in [-0.2, 0) is 24.2 Å². The number of carbonyl (C=O) groups is 1. The summed E-state index contributed by atoms with van der Waals surface area (Å²) in [5, 5.41) is 14.1. The fourth-order valence-corrected chi connectivity index (χ4v) is 3.88. The first-order chi connectivity index (χ1) is 13.5. The highest BCUT2D eigenvalue weighted by Gasteiger charge is 2.26. The van der Waals surface area contributed by atoms with Gasteiger partial charge in [0, 0.05) is 37.3 Å². The predicted molar refractivity (Wildman–Crippen MR) is 109 cm³/mol. The van der Waals surface area contributed by atoms with Crippen molar-refractivity contribution < 1.29 is 9.72 Å². The second-order valence-electron chi connectivity index (χ2n) is 7.67. The molecule has 2 aromatic rings. The summed E-state index contributed by atoms with van der Waals surface area (Å²) in [5.74, 6) is 0.203. The topological polar surface area (TPSA) is 75.5 Å². The van der Waals surface area contributed by atoms with Crippen LogP contribution >= 0.6 is 0 Å². The summed E-state index contributed by atoms with van der Waals surface area (Å²) in [6, 6.07) is 15.1. The van der Waals surface area contributed by atoms with Crippen LogP contribution in [0.3, 0.4) is 0 Å². The SMILES string of the molecule is CC(C)[C@H](CNC(=O)Cc1ccccc1[N+](=O)[O-])N1CCc2ccccc2C1. The van der Waals surface area contributed by atoms with E-state index in [0.29, 0.717) is 18.0 Å². The molecule has 1 heterocycles. The van der Waals surface area contributed by atoms with Crippen LogP contribution in [-0.4, -0.2) is 34.9 Å². The summed E-state index contributed by atoms with van der Waals surface area (Å²) in [5.41, 5.74) is 3.19. The zero-order valence-corrected chi connectivity index (χ0v) is 16.4. The Labute approximate surface area is 165 Å². The molecule has 3 rings (SSSR count). The van der Waals surface area contributed by atoms with Gasteiger partial charge >= 0.3 is 0 Å². The highest BCUT2D eigenvalue weighted by Crippen LogP contribution is 2.23. The van der Waals surface area contributed by atoms with Crippen molar-refractivity contribution in [2.45, 2.75) is 39.3 Å². The summed E-state index contributed by atoms with van der Waals surface area (Å²) in [6.45, 7) is 6.73. The van der Waals surface area contributed by atoms with Crippen LogP contribution in [0, 0.1) is 16.0 Å². The van der Waals surface area contributed by atoms with Gasteiger partial charge in [-0.15, -0.1) is 0 Å². The third kappa shape index (κ3) is 4.75. The lowest BCUT2D eigenvalue weighted by Gasteiger charge is -2.38. The minimum Gasteiger partial charge on any atom is -0.354 e. The number of rotatable bonds is 7. The van der Waals surface area contributed by atoms with Gasteiger partial charge in [-0.1, -0.05) is 56.3 Å². The number of nitro groups is 1. The molecule has 0 aliphatic carbocycles. The molecule has 6 nitrogen and oxygen atoms in total. The van der Waals surface area contributed by atoms with E-state index in [-0.39, 0.29) is 24.1 Å². The Morgan fingerprint density at radius 1 is 1.14 bits per heavy atom. The van der Waals surface area contributed by atoms with E-state index in [9.17, 15) is 14.9 Å². The maximum atomic E-state index is 12.4. The first-order valence-electron chi connectivity index (χ1n) is 9.75. The third-order valence-corrected chi connectivity index (χ3v) is 5.45. The zero-order chi connectivity index (χ0) is 20.1. The molecule has 28 heavy (non-hydrogen) atoms. The number of nitro benzene ring substituents is 1. The molecule has 0 saturated heterocycles. The van der Waals surface area contributed by atoms with E-state index in [1.807, 2.05) is 0 Å². The normalized spacial score (nSPS) is 15.1. The molecular formula is C22H27N3O3. The minimum atomic E-state index is -0.440. The molecule has 1 amide bonds. The van der Waals surface area contributed by atoms with Gasteiger partial charge in [-0.2, -0.15) is 0 Å².